The Kier molecular flexibility index (Phi) is 3.70. The van der Waals surface area contributed by atoms with E-state index in [-0.39, 0.29) is 5.69 Å². The lowest BCUT2D eigenvalue weighted by Gasteiger charge is -2.38. The molecule has 2 atom stereocenters. The van der Waals surface area contributed by atoms with Crippen LogP contribution in [-0.2, 0) is 0 Å². The summed E-state index contributed by atoms with van der Waals surface area (Å²) < 4.78 is 0. The van der Waals surface area contributed by atoms with Gasteiger partial charge in [-0.3, -0.25) is 10.1 Å². The molecular formula is C14H17N3O2. The fourth-order valence-corrected chi connectivity index (χ4v) is 2.61. The Morgan fingerprint density at radius 3 is 2.79 bits per heavy atom. The molecule has 1 heterocycles. The highest BCUT2D eigenvalue weighted by atomic mass is 16.6. The van der Waals surface area contributed by atoms with Gasteiger partial charge >= 0.3 is 0 Å². The largest absolute Gasteiger partial charge is 0.363 e. The van der Waals surface area contributed by atoms with E-state index in [1.807, 2.05) is 6.07 Å². The van der Waals surface area contributed by atoms with Crippen LogP contribution in [0.2, 0.25) is 0 Å². The highest BCUT2D eigenvalue weighted by molar-refractivity contribution is 5.66. The van der Waals surface area contributed by atoms with E-state index < -0.39 is 4.92 Å². The van der Waals surface area contributed by atoms with Gasteiger partial charge in [0.1, 0.15) is 5.69 Å². The highest BCUT2D eigenvalue weighted by Crippen LogP contribution is 2.34. The Morgan fingerprint density at radius 2 is 2.16 bits per heavy atom. The van der Waals surface area contributed by atoms with Gasteiger partial charge in [0.2, 0.25) is 0 Å². The number of nitro groups is 1. The molecule has 19 heavy (non-hydrogen) atoms. The van der Waals surface area contributed by atoms with Crippen molar-refractivity contribution in [2.24, 2.45) is 5.92 Å². The average Bonchev–Trinajstić information content (AvgIpc) is 2.40. The molecule has 1 aromatic carbocycles. The minimum atomic E-state index is -0.401. The van der Waals surface area contributed by atoms with Gasteiger partial charge in [0.15, 0.2) is 0 Å². The zero-order valence-corrected chi connectivity index (χ0v) is 11.2. The molecule has 1 saturated heterocycles. The zero-order valence-electron chi connectivity index (χ0n) is 11.2. The number of rotatable bonds is 2. The van der Waals surface area contributed by atoms with Crippen molar-refractivity contribution >= 4 is 11.4 Å². The van der Waals surface area contributed by atoms with E-state index in [4.69, 9.17) is 5.26 Å². The van der Waals surface area contributed by atoms with E-state index in [2.05, 4.69) is 18.7 Å². The van der Waals surface area contributed by atoms with Gasteiger partial charge in [0.25, 0.3) is 5.69 Å². The minimum absolute atomic E-state index is 0.0278. The molecular weight excluding hydrogens is 242 g/mol. The molecule has 2 rings (SSSR count). The van der Waals surface area contributed by atoms with Crippen LogP contribution in [0.25, 0.3) is 0 Å². The standard InChI is InChI=1S/C14H17N3O2/c1-10-3-4-11(2)16(9-10)13-6-5-12(8-15)7-14(13)17(18)19/h5-7,10-11H,3-4,9H2,1-2H3. The van der Waals surface area contributed by atoms with Gasteiger partial charge in [-0.2, -0.15) is 5.26 Å². The Labute approximate surface area is 112 Å². The van der Waals surface area contributed by atoms with Crippen molar-refractivity contribution in [3.63, 3.8) is 0 Å². The first-order chi connectivity index (χ1) is 9.02. The van der Waals surface area contributed by atoms with E-state index >= 15 is 0 Å². The second-order valence-corrected chi connectivity index (χ2v) is 5.26. The molecule has 0 bridgehead atoms. The van der Waals surface area contributed by atoms with Crippen molar-refractivity contribution in [1.82, 2.24) is 0 Å². The second-order valence-electron chi connectivity index (χ2n) is 5.26. The Hall–Kier alpha value is -2.09. The summed E-state index contributed by atoms with van der Waals surface area (Å²) in [6.45, 7) is 5.08. The number of benzene rings is 1. The van der Waals surface area contributed by atoms with Crippen LogP contribution in [0.15, 0.2) is 18.2 Å². The molecule has 0 spiro atoms. The summed E-state index contributed by atoms with van der Waals surface area (Å²) in [6, 6.07) is 6.95. The molecule has 0 aliphatic carbocycles. The summed E-state index contributed by atoms with van der Waals surface area (Å²) in [6.07, 6.45) is 2.19. The van der Waals surface area contributed by atoms with E-state index in [1.165, 1.54) is 6.07 Å². The SMILES string of the molecule is CC1CCC(C)N(c2ccc(C#N)cc2[N+](=O)[O-])C1. The fourth-order valence-electron chi connectivity index (χ4n) is 2.61. The van der Waals surface area contributed by atoms with Gasteiger partial charge in [-0.15, -0.1) is 0 Å². The monoisotopic (exact) mass is 259 g/mol. The Balaban J connectivity index is 2.43. The van der Waals surface area contributed by atoms with E-state index in [0.717, 1.165) is 19.4 Å². The topological polar surface area (TPSA) is 70.2 Å². The number of piperidine rings is 1. The normalized spacial score (nSPS) is 22.9. The van der Waals surface area contributed by atoms with Crippen LogP contribution < -0.4 is 4.90 Å². The van der Waals surface area contributed by atoms with Crippen molar-refractivity contribution in [2.75, 3.05) is 11.4 Å². The summed E-state index contributed by atoms with van der Waals surface area (Å²) in [5, 5.41) is 20.0. The quantitative estimate of drug-likeness (QED) is 0.604. The first-order valence-corrected chi connectivity index (χ1v) is 6.48. The van der Waals surface area contributed by atoms with Crippen LogP contribution >= 0.6 is 0 Å². The van der Waals surface area contributed by atoms with Crippen LogP contribution in [-0.4, -0.2) is 17.5 Å². The lowest BCUT2D eigenvalue weighted by molar-refractivity contribution is -0.384. The summed E-state index contributed by atoms with van der Waals surface area (Å²) in [4.78, 5) is 12.9. The summed E-state index contributed by atoms with van der Waals surface area (Å²) in [5.74, 6) is 0.534. The number of anilines is 1. The molecule has 1 aromatic rings. The van der Waals surface area contributed by atoms with E-state index in [1.54, 1.807) is 12.1 Å². The van der Waals surface area contributed by atoms with Crippen molar-refractivity contribution in [2.45, 2.75) is 32.7 Å². The van der Waals surface area contributed by atoms with E-state index in [0.29, 0.717) is 23.2 Å². The lowest BCUT2D eigenvalue weighted by Crippen LogP contribution is -2.41. The molecule has 2 unspecified atom stereocenters. The molecule has 1 aliphatic rings. The van der Waals surface area contributed by atoms with Gasteiger partial charge in [0.05, 0.1) is 16.6 Å². The molecule has 1 fully saturated rings. The van der Waals surface area contributed by atoms with Crippen molar-refractivity contribution in [1.29, 1.82) is 5.26 Å². The maximum atomic E-state index is 11.2. The smallest absolute Gasteiger partial charge is 0.293 e. The van der Waals surface area contributed by atoms with Crippen LogP contribution in [0.5, 0.6) is 0 Å². The van der Waals surface area contributed by atoms with Crippen molar-refractivity contribution in [3.8, 4) is 6.07 Å². The minimum Gasteiger partial charge on any atom is -0.363 e. The number of nitriles is 1. The zero-order chi connectivity index (χ0) is 14.0. The highest BCUT2D eigenvalue weighted by Gasteiger charge is 2.28. The Bertz CT molecular complexity index is 536. The molecule has 100 valence electrons. The molecule has 5 nitrogen and oxygen atoms in total. The number of hydrogen-bond donors (Lipinski definition) is 0. The third kappa shape index (κ3) is 2.68. The van der Waals surface area contributed by atoms with Crippen LogP contribution in [0.4, 0.5) is 11.4 Å². The summed E-state index contributed by atoms with van der Waals surface area (Å²) in [7, 11) is 0. The van der Waals surface area contributed by atoms with Gasteiger partial charge < -0.3 is 4.90 Å². The molecule has 1 aliphatic heterocycles. The summed E-state index contributed by atoms with van der Waals surface area (Å²) in [5.41, 5.74) is 0.983. The third-order valence-corrected chi connectivity index (χ3v) is 3.73. The first kappa shape index (κ1) is 13.3. The lowest BCUT2D eigenvalue weighted by atomic mass is 9.94. The summed E-state index contributed by atoms with van der Waals surface area (Å²) >= 11 is 0. The van der Waals surface area contributed by atoms with Crippen LogP contribution in [0, 0.1) is 27.4 Å². The maximum Gasteiger partial charge on any atom is 0.293 e. The van der Waals surface area contributed by atoms with Crippen LogP contribution in [0.1, 0.15) is 32.3 Å². The fraction of sp³-hybridized carbons (Fsp3) is 0.500. The van der Waals surface area contributed by atoms with Crippen LogP contribution in [0.3, 0.4) is 0 Å². The average molecular weight is 259 g/mol. The molecule has 0 radical (unpaired) electrons. The number of hydrogen-bond acceptors (Lipinski definition) is 4. The number of nitrogens with zero attached hydrogens (tertiary/aromatic N) is 3. The molecule has 0 aromatic heterocycles. The molecule has 0 amide bonds. The number of nitro benzene ring substituents is 1. The second kappa shape index (κ2) is 5.27. The first-order valence-electron chi connectivity index (χ1n) is 6.48. The van der Waals surface area contributed by atoms with Crippen molar-refractivity contribution in [3.05, 3.63) is 33.9 Å². The van der Waals surface area contributed by atoms with Crippen molar-refractivity contribution < 1.29 is 4.92 Å². The van der Waals surface area contributed by atoms with Gasteiger partial charge in [-0.05, 0) is 37.8 Å². The third-order valence-electron chi connectivity index (χ3n) is 3.73. The predicted octanol–water partition coefficient (Wildman–Crippen LogP) is 3.09. The van der Waals surface area contributed by atoms with Gasteiger partial charge in [-0.1, -0.05) is 6.92 Å². The van der Waals surface area contributed by atoms with Gasteiger partial charge in [-0.25, -0.2) is 0 Å². The Morgan fingerprint density at radius 1 is 1.42 bits per heavy atom. The van der Waals surface area contributed by atoms with Gasteiger partial charge in [0, 0.05) is 18.7 Å². The molecule has 0 N–H and O–H groups in total. The predicted molar refractivity (Wildman–Crippen MR) is 73.0 cm³/mol. The maximum absolute atomic E-state index is 11.2. The van der Waals surface area contributed by atoms with E-state index in [9.17, 15) is 10.1 Å². The molecule has 5 heteroatoms. The molecule has 0 saturated carbocycles.